The van der Waals surface area contributed by atoms with E-state index in [9.17, 15) is 19.5 Å². The zero-order chi connectivity index (χ0) is 33.7. The monoisotopic (exact) mass is 657 g/mol. The Labute approximate surface area is 274 Å². The van der Waals surface area contributed by atoms with Crippen LogP contribution in [0.25, 0.3) is 11.2 Å². The number of aliphatic imine (C=N–C) groups is 1. The van der Waals surface area contributed by atoms with Crippen LogP contribution < -0.4 is 22.1 Å². The molecular formula is C31H35N11O4S. The maximum absolute atomic E-state index is 13.1. The molecule has 0 radical (unpaired) electrons. The smallest absolute Gasteiger partial charge is 0.306 e. The van der Waals surface area contributed by atoms with Gasteiger partial charge in [0.05, 0.1) is 39.8 Å². The number of carboxylic acid groups (broad SMARTS) is 1. The van der Waals surface area contributed by atoms with Crippen molar-refractivity contribution in [1.29, 1.82) is 0 Å². The molecule has 0 spiro atoms. The van der Waals surface area contributed by atoms with Gasteiger partial charge in [0.2, 0.25) is 5.95 Å². The second kappa shape index (κ2) is 13.9. The van der Waals surface area contributed by atoms with Gasteiger partial charge < -0.3 is 27.2 Å². The fourth-order valence-corrected chi connectivity index (χ4v) is 5.72. The molecule has 0 aliphatic carbocycles. The molecule has 3 aromatic heterocycles. The number of nitrogens with zero attached hydrogens (tertiary/aromatic N) is 7. The van der Waals surface area contributed by atoms with Crippen LogP contribution in [0.1, 0.15) is 76.9 Å². The number of anilines is 3. The lowest BCUT2D eigenvalue weighted by Crippen LogP contribution is -2.28. The predicted molar refractivity (Wildman–Crippen MR) is 179 cm³/mol. The number of ketones is 1. The van der Waals surface area contributed by atoms with Gasteiger partial charge in [-0.2, -0.15) is 15.1 Å². The number of fused-ring (bicyclic) bond motifs is 1. The fourth-order valence-electron chi connectivity index (χ4n) is 4.87. The van der Waals surface area contributed by atoms with E-state index < -0.39 is 11.9 Å². The van der Waals surface area contributed by atoms with Crippen molar-refractivity contribution in [2.24, 2.45) is 21.1 Å². The number of carboxylic acids is 1. The highest BCUT2D eigenvalue weighted by atomic mass is 32.1. The van der Waals surface area contributed by atoms with Gasteiger partial charge in [-0.1, -0.05) is 26.8 Å². The van der Waals surface area contributed by atoms with E-state index in [1.165, 1.54) is 11.3 Å². The van der Waals surface area contributed by atoms with Crippen molar-refractivity contribution in [2.75, 3.05) is 30.0 Å². The lowest BCUT2D eigenvalue weighted by atomic mass is 9.85. The van der Waals surface area contributed by atoms with Gasteiger partial charge in [-0.05, 0) is 48.1 Å². The minimum Gasteiger partial charge on any atom is -0.481 e. The molecule has 1 aromatic carbocycles. The average molecular weight is 658 g/mol. The first-order valence-corrected chi connectivity index (χ1v) is 15.7. The van der Waals surface area contributed by atoms with Gasteiger partial charge in [0.25, 0.3) is 5.91 Å². The van der Waals surface area contributed by atoms with E-state index in [0.29, 0.717) is 56.7 Å². The molecular weight excluding hydrogens is 622 g/mol. The van der Waals surface area contributed by atoms with Gasteiger partial charge in [0, 0.05) is 18.5 Å². The molecule has 47 heavy (non-hydrogen) atoms. The van der Waals surface area contributed by atoms with Crippen LogP contribution in [-0.2, 0) is 16.8 Å². The van der Waals surface area contributed by atoms with Crippen LogP contribution in [0.2, 0.25) is 0 Å². The number of rotatable bonds is 13. The molecule has 7 N–H and O–H groups in total. The second-order valence-electron chi connectivity index (χ2n) is 12.0. The van der Waals surface area contributed by atoms with Crippen molar-refractivity contribution in [2.45, 2.75) is 52.0 Å². The first-order chi connectivity index (χ1) is 22.4. The topological polar surface area (TPSA) is 236 Å². The highest BCUT2D eigenvalue weighted by Gasteiger charge is 2.24. The van der Waals surface area contributed by atoms with Crippen LogP contribution >= 0.6 is 11.3 Å². The Bertz CT molecular complexity index is 1900. The van der Waals surface area contributed by atoms with Crippen molar-refractivity contribution in [3.05, 3.63) is 63.8 Å². The standard InChI is InChI=1S/C31H35N11O4S/c1-31(2,3)17-6-7-19(20(12-17)26-37-15-38-42-26)28(44)34-10-4-5-16(29(45)46)11-21(43)22-8-9-23(47-22)35-13-18-14-36-27-24(39-18)25(32)40-30(33)41-27/h6-9,12,14,16,35H,4-5,10-11,13,15H2,1-3H3,(H,34,44)(H,45,46)(H4,32,33,36,40,41)/t16-/m1/s1. The quantitative estimate of drug-likeness (QED) is 0.101. The van der Waals surface area contributed by atoms with E-state index in [2.05, 4.69) is 66.6 Å². The molecule has 1 aliphatic rings. The van der Waals surface area contributed by atoms with Gasteiger partial charge in [-0.25, -0.2) is 15.0 Å². The lowest BCUT2D eigenvalue weighted by molar-refractivity contribution is -0.141. The zero-order valence-electron chi connectivity index (χ0n) is 26.1. The normalized spacial score (nSPS) is 13.4. The number of amides is 1. The summed E-state index contributed by atoms with van der Waals surface area (Å²) in [5, 5.41) is 24.6. The summed E-state index contributed by atoms with van der Waals surface area (Å²) in [4.78, 5) is 59.4. The molecule has 0 bridgehead atoms. The van der Waals surface area contributed by atoms with Crippen LogP contribution in [0.15, 0.2) is 51.7 Å². The summed E-state index contributed by atoms with van der Waals surface area (Å²) in [5.74, 6) is -2.01. The Balaban J connectivity index is 1.13. The van der Waals surface area contributed by atoms with Gasteiger partial charge in [-0.3, -0.25) is 14.4 Å². The summed E-state index contributed by atoms with van der Waals surface area (Å²) in [6.07, 6.45) is 1.97. The molecule has 15 nitrogen and oxygen atoms in total. The largest absolute Gasteiger partial charge is 0.481 e. The molecule has 5 rings (SSSR count). The van der Waals surface area contributed by atoms with Crippen LogP contribution in [0.5, 0.6) is 0 Å². The summed E-state index contributed by atoms with van der Waals surface area (Å²) in [6, 6.07) is 8.97. The zero-order valence-corrected chi connectivity index (χ0v) is 27.0. The number of hydrogen-bond donors (Lipinski definition) is 5. The first kappa shape index (κ1) is 33.0. The minimum atomic E-state index is -1.07. The number of aromatic nitrogens is 4. The third kappa shape index (κ3) is 8.07. The molecule has 4 heterocycles. The third-order valence-corrected chi connectivity index (χ3v) is 8.53. The summed E-state index contributed by atoms with van der Waals surface area (Å²) >= 11 is 1.22. The summed E-state index contributed by atoms with van der Waals surface area (Å²) in [5.41, 5.74) is 14.6. The van der Waals surface area contributed by atoms with Crippen LogP contribution in [0, 0.1) is 5.92 Å². The van der Waals surface area contributed by atoms with Gasteiger partial charge >= 0.3 is 5.97 Å². The molecule has 16 heteroatoms. The molecule has 0 saturated heterocycles. The highest BCUT2D eigenvalue weighted by Crippen LogP contribution is 2.28. The molecule has 1 aliphatic heterocycles. The lowest BCUT2D eigenvalue weighted by Gasteiger charge is -2.21. The number of aliphatic carboxylic acids is 1. The van der Waals surface area contributed by atoms with Crippen molar-refractivity contribution >= 4 is 62.8 Å². The Kier molecular flexibility index (Phi) is 9.79. The van der Waals surface area contributed by atoms with E-state index in [4.69, 9.17) is 11.5 Å². The van der Waals surface area contributed by atoms with Gasteiger partial charge in [0.15, 0.2) is 35.3 Å². The second-order valence-corrected chi connectivity index (χ2v) is 13.0. The van der Waals surface area contributed by atoms with E-state index >= 15 is 0 Å². The maximum atomic E-state index is 13.1. The molecule has 1 atom stereocenters. The number of hydrogen-bond acceptors (Lipinski definition) is 14. The van der Waals surface area contributed by atoms with Crippen LogP contribution in [0.4, 0.5) is 16.8 Å². The number of azo groups is 1. The SMILES string of the molecule is CC(C)(C)c1ccc(C(=O)NCCC[C@H](CC(=O)c2ccc(NCc3cnc4nc(N)nc(N)c4n3)s2)C(=O)O)c(C2=NCN=N2)c1. The number of Topliss-reactive ketones (excluding diaryl/α,β-unsaturated/α-hetero) is 1. The number of nitrogens with one attached hydrogen (secondary N) is 2. The first-order valence-electron chi connectivity index (χ1n) is 14.9. The molecule has 0 saturated carbocycles. The molecule has 1 amide bonds. The predicted octanol–water partition coefficient (Wildman–Crippen LogP) is 4.21. The number of nitrogens with two attached hydrogens (primary N) is 2. The Morgan fingerprint density at radius 1 is 1.09 bits per heavy atom. The molecule has 0 unspecified atom stereocenters. The molecule has 0 fully saturated rings. The minimum absolute atomic E-state index is 0.0128. The van der Waals surface area contributed by atoms with Crippen LogP contribution in [-0.4, -0.2) is 61.8 Å². The number of benzene rings is 1. The van der Waals surface area contributed by atoms with Crippen molar-refractivity contribution in [3.8, 4) is 0 Å². The Morgan fingerprint density at radius 3 is 2.62 bits per heavy atom. The van der Waals surface area contributed by atoms with Crippen molar-refractivity contribution in [1.82, 2.24) is 25.3 Å². The van der Waals surface area contributed by atoms with E-state index in [1.54, 1.807) is 24.4 Å². The van der Waals surface area contributed by atoms with Crippen molar-refractivity contribution in [3.63, 3.8) is 0 Å². The molecule has 244 valence electrons. The number of amidine groups is 1. The van der Waals surface area contributed by atoms with Crippen molar-refractivity contribution < 1.29 is 19.5 Å². The van der Waals surface area contributed by atoms with E-state index in [1.807, 2.05) is 12.1 Å². The number of carbonyl (C=O) groups excluding carboxylic acids is 2. The van der Waals surface area contributed by atoms with Gasteiger partial charge in [-0.15, -0.1) is 16.5 Å². The average Bonchev–Trinajstić information content (AvgIpc) is 3.74. The Hall–Kier alpha value is -5.38. The molecule has 4 aromatic rings. The summed E-state index contributed by atoms with van der Waals surface area (Å²) < 4.78 is 0. The van der Waals surface area contributed by atoms with Gasteiger partial charge in [0.1, 0.15) is 0 Å². The highest BCUT2D eigenvalue weighted by molar-refractivity contribution is 7.18. The third-order valence-electron chi connectivity index (χ3n) is 7.44. The number of nitrogen functional groups attached to an aromatic ring is 2. The fraction of sp³-hybridized carbons (Fsp3) is 0.355. The summed E-state index contributed by atoms with van der Waals surface area (Å²) in [7, 11) is 0. The Morgan fingerprint density at radius 2 is 1.89 bits per heavy atom. The van der Waals surface area contributed by atoms with E-state index in [0.717, 1.165) is 5.56 Å². The van der Waals surface area contributed by atoms with Crippen LogP contribution in [0.3, 0.4) is 0 Å². The maximum Gasteiger partial charge on any atom is 0.306 e. The van der Waals surface area contributed by atoms with E-state index in [-0.39, 0.29) is 54.9 Å². The number of carbonyl (C=O) groups is 3. The number of thiophene rings is 1. The summed E-state index contributed by atoms with van der Waals surface area (Å²) in [6.45, 7) is 6.99.